The first-order valence-electron chi connectivity index (χ1n) is 11.9. The predicted octanol–water partition coefficient (Wildman–Crippen LogP) is 3.62. The molecule has 0 radical (unpaired) electrons. The number of rotatable bonds is 4. The maximum Gasteiger partial charge on any atom is 0.253 e. The van der Waals surface area contributed by atoms with E-state index in [4.69, 9.17) is 5.10 Å². The van der Waals surface area contributed by atoms with Crippen LogP contribution in [0.5, 0.6) is 0 Å². The lowest BCUT2D eigenvalue weighted by Crippen LogP contribution is -2.47. The van der Waals surface area contributed by atoms with Crippen molar-refractivity contribution in [2.24, 2.45) is 0 Å². The van der Waals surface area contributed by atoms with Crippen molar-refractivity contribution in [3.63, 3.8) is 0 Å². The van der Waals surface area contributed by atoms with E-state index in [0.29, 0.717) is 5.56 Å². The zero-order valence-corrected chi connectivity index (χ0v) is 20.0. The van der Waals surface area contributed by atoms with Gasteiger partial charge in [-0.3, -0.25) is 4.79 Å². The molecule has 1 N–H and O–H groups in total. The predicted molar refractivity (Wildman–Crippen MR) is 138 cm³/mol. The minimum absolute atomic E-state index is 0.0822. The average molecular weight is 465 g/mol. The third-order valence-electron chi connectivity index (χ3n) is 6.18. The Kier molecular flexibility index (Phi) is 6.47. The van der Waals surface area contributed by atoms with Crippen molar-refractivity contribution in [1.29, 1.82) is 0 Å². The third kappa shape index (κ3) is 5.03. The number of imidazole rings is 1. The smallest absolute Gasteiger partial charge is 0.253 e. The molecule has 176 valence electrons. The molecule has 2 aromatic heterocycles. The zero-order chi connectivity index (χ0) is 24.2. The van der Waals surface area contributed by atoms with Crippen LogP contribution in [-0.4, -0.2) is 70.1 Å². The highest BCUT2D eigenvalue weighted by molar-refractivity contribution is 5.94. The number of aromatic nitrogens is 3. The largest absolute Gasteiger partial charge is 0.385 e. The number of amides is 1. The van der Waals surface area contributed by atoms with E-state index in [9.17, 15) is 4.79 Å². The van der Waals surface area contributed by atoms with Gasteiger partial charge in [0.25, 0.3) is 5.91 Å². The lowest BCUT2D eigenvalue weighted by Gasteiger charge is -2.32. The number of nitrogens with one attached hydrogen (secondary N) is 1. The van der Waals surface area contributed by atoms with Gasteiger partial charge in [-0.25, -0.2) is 9.50 Å². The Morgan fingerprint density at radius 2 is 1.69 bits per heavy atom. The number of carbonyl (C=O) groups is 1. The Morgan fingerprint density at radius 1 is 0.943 bits per heavy atom. The molecule has 0 saturated carbocycles. The summed E-state index contributed by atoms with van der Waals surface area (Å²) in [6.07, 6.45) is 1.74. The molecule has 3 heterocycles. The number of carbonyl (C=O) groups excluding carboxylic acids is 1. The molecular weight excluding hydrogens is 436 g/mol. The van der Waals surface area contributed by atoms with Crippen molar-refractivity contribution in [3.05, 3.63) is 83.7 Å². The summed E-state index contributed by atoms with van der Waals surface area (Å²) in [6.45, 7) is 6.30. The molecule has 1 saturated heterocycles. The van der Waals surface area contributed by atoms with Crippen molar-refractivity contribution in [2.75, 3.05) is 45.1 Å². The molecule has 5 rings (SSSR count). The van der Waals surface area contributed by atoms with Gasteiger partial charge < -0.3 is 15.1 Å². The van der Waals surface area contributed by atoms with Crippen LogP contribution in [0.2, 0.25) is 0 Å². The third-order valence-corrected chi connectivity index (χ3v) is 6.18. The summed E-state index contributed by atoms with van der Waals surface area (Å²) in [4.78, 5) is 21.4. The molecule has 1 fully saturated rings. The molecular formula is C28H28N6O. The highest BCUT2D eigenvalue weighted by Gasteiger charge is 2.20. The molecule has 7 heteroatoms. The van der Waals surface area contributed by atoms with Crippen LogP contribution in [0.3, 0.4) is 0 Å². The molecule has 1 aliphatic heterocycles. The van der Waals surface area contributed by atoms with Gasteiger partial charge in [-0.1, -0.05) is 18.1 Å². The summed E-state index contributed by atoms with van der Waals surface area (Å²) in [5, 5.41) is 8.05. The molecule has 0 atom stereocenters. The molecule has 0 spiro atoms. The van der Waals surface area contributed by atoms with Crippen LogP contribution in [0.25, 0.3) is 16.9 Å². The summed E-state index contributed by atoms with van der Waals surface area (Å²) in [6, 6.07) is 19.6. The molecule has 0 unspecified atom stereocenters. The SMILES string of the molecule is CCNc1ccc(C#Cc2cnc3ccc(-c4ccc(C(=O)N5CCN(C)CC5)cc4)nn23)cc1. The van der Waals surface area contributed by atoms with Crippen LogP contribution in [-0.2, 0) is 0 Å². The quantitative estimate of drug-likeness (QED) is 0.468. The number of anilines is 1. The number of nitrogens with zero attached hydrogens (tertiary/aromatic N) is 5. The second kappa shape index (κ2) is 10.00. The summed E-state index contributed by atoms with van der Waals surface area (Å²) in [7, 11) is 2.08. The van der Waals surface area contributed by atoms with Gasteiger partial charge in [0.15, 0.2) is 5.65 Å². The van der Waals surface area contributed by atoms with Crippen molar-refractivity contribution in [1.82, 2.24) is 24.4 Å². The molecule has 35 heavy (non-hydrogen) atoms. The lowest BCUT2D eigenvalue weighted by atomic mass is 10.1. The molecule has 1 aliphatic rings. The van der Waals surface area contributed by atoms with Gasteiger partial charge in [-0.15, -0.1) is 0 Å². The zero-order valence-electron chi connectivity index (χ0n) is 20.0. The van der Waals surface area contributed by atoms with Crippen LogP contribution in [0.15, 0.2) is 66.9 Å². The topological polar surface area (TPSA) is 65.8 Å². The van der Waals surface area contributed by atoms with E-state index in [-0.39, 0.29) is 5.91 Å². The number of hydrogen-bond acceptors (Lipinski definition) is 5. The Hall–Kier alpha value is -4.15. The number of hydrogen-bond donors (Lipinski definition) is 1. The second-order valence-electron chi connectivity index (χ2n) is 8.66. The first-order valence-corrected chi connectivity index (χ1v) is 11.9. The summed E-state index contributed by atoms with van der Waals surface area (Å²) < 4.78 is 1.76. The standard InChI is InChI=1S/C28H28N6O/c1-3-29-24-11-4-21(5-12-24)6-13-25-20-30-27-15-14-26(31-34(25)27)22-7-9-23(10-8-22)28(35)33-18-16-32(2)17-19-33/h4-5,7-12,14-15,20,29H,3,16-19H2,1-2H3. The molecule has 4 aromatic rings. The first-order chi connectivity index (χ1) is 17.1. The Bertz CT molecular complexity index is 1390. The van der Waals surface area contributed by atoms with Crippen molar-refractivity contribution >= 4 is 17.2 Å². The Morgan fingerprint density at radius 3 is 2.40 bits per heavy atom. The van der Waals surface area contributed by atoms with Gasteiger partial charge >= 0.3 is 0 Å². The monoisotopic (exact) mass is 464 g/mol. The van der Waals surface area contributed by atoms with Gasteiger partial charge in [0.2, 0.25) is 0 Å². The normalized spacial score (nSPS) is 13.9. The van der Waals surface area contributed by atoms with Gasteiger partial charge in [0.05, 0.1) is 11.9 Å². The fraction of sp³-hybridized carbons (Fsp3) is 0.250. The highest BCUT2D eigenvalue weighted by atomic mass is 16.2. The molecule has 2 aromatic carbocycles. The molecule has 0 aliphatic carbocycles. The average Bonchev–Trinajstić information content (AvgIpc) is 3.31. The van der Waals surface area contributed by atoms with E-state index in [2.05, 4.69) is 41.0 Å². The van der Waals surface area contributed by atoms with Gasteiger partial charge in [0.1, 0.15) is 5.69 Å². The van der Waals surface area contributed by atoms with Crippen LogP contribution in [0, 0.1) is 11.8 Å². The molecule has 0 bridgehead atoms. The minimum atomic E-state index is 0.0822. The number of fused-ring (bicyclic) bond motifs is 1. The van der Waals surface area contributed by atoms with Crippen molar-refractivity contribution in [2.45, 2.75) is 6.92 Å². The Labute approximate surface area is 205 Å². The summed E-state index contributed by atoms with van der Waals surface area (Å²) in [5.74, 6) is 6.47. The van der Waals surface area contributed by atoms with Crippen LogP contribution in [0.1, 0.15) is 28.5 Å². The van der Waals surface area contributed by atoms with Crippen LogP contribution >= 0.6 is 0 Å². The van der Waals surface area contributed by atoms with E-state index in [0.717, 1.165) is 66.6 Å². The lowest BCUT2D eigenvalue weighted by molar-refractivity contribution is 0.0664. The van der Waals surface area contributed by atoms with Gasteiger partial charge in [0, 0.05) is 55.1 Å². The summed E-state index contributed by atoms with van der Waals surface area (Å²) in [5.41, 5.74) is 5.91. The minimum Gasteiger partial charge on any atom is -0.385 e. The number of likely N-dealkylation sites (N-methyl/N-ethyl adjacent to an activating group) is 1. The number of piperazine rings is 1. The van der Waals surface area contributed by atoms with E-state index in [1.54, 1.807) is 10.7 Å². The first kappa shape index (κ1) is 22.6. The maximum absolute atomic E-state index is 12.8. The fourth-order valence-corrected chi connectivity index (χ4v) is 4.10. The molecule has 1 amide bonds. The highest BCUT2D eigenvalue weighted by Crippen LogP contribution is 2.20. The van der Waals surface area contributed by atoms with Crippen LogP contribution < -0.4 is 5.32 Å². The van der Waals surface area contributed by atoms with E-state index in [1.165, 1.54) is 0 Å². The number of benzene rings is 2. The maximum atomic E-state index is 12.8. The van der Waals surface area contributed by atoms with Crippen molar-refractivity contribution < 1.29 is 4.79 Å². The Balaban J connectivity index is 1.35. The van der Waals surface area contributed by atoms with E-state index in [1.807, 2.05) is 65.6 Å². The second-order valence-corrected chi connectivity index (χ2v) is 8.66. The van der Waals surface area contributed by atoms with E-state index < -0.39 is 0 Å². The van der Waals surface area contributed by atoms with Gasteiger partial charge in [-0.2, -0.15) is 5.10 Å². The van der Waals surface area contributed by atoms with E-state index >= 15 is 0 Å². The molecule has 7 nitrogen and oxygen atoms in total. The van der Waals surface area contributed by atoms with Crippen LogP contribution in [0.4, 0.5) is 5.69 Å². The fourth-order valence-electron chi connectivity index (χ4n) is 4.10. The van der Waals surface area contributed by atoms with Gasteiger partial charge in [-0.05, 0) is 68.4 Å². The van der Waals surface area contributed by atoms with Crippen molar-refractivity contribution in [3.8, 4) is 23.1 Å². The summed E-state index contributed by atoms with van der Waals surface area (Å²) >= 11 is 0.